The van der Waals surface area contributed by atoms with Crippen molar-refractivity contribution in [2.75, 3.05) is 6.54 Å². The van der Waals surface area contributed by atoms with Gasteiger partial charge in [-0.3, -0.25) is 0 Å². The molecule has 0 atom stereocenters. The van der Waals surface area contributed by atoms with Crippen LogP contribution in [0.5, 0.6) is 5.75 Å². The van der Waals surface area contributed by atoms with Gasteiger partial charge in [-0.25, -0.2) is 4.39 Å². The molecule has 3 aromatic rings. The van der Waals surface area contributed by atoms with Gasteiger partial charge in [-0.1, -0.05) is 60.2 Å². The van der Waals surface area contributed by atoms with Gasteiger partial charge in [-0.15, -0.1) is 0 Å². The molecule has 0 aliphatic heterocycles. The van der Waals surface area contributed by atoms with E-state index in [1.54, 1.807) is 6.07 Å². The summed E-state index contributed by atoms with van der Waals surface area (Å²) in [7, 11) is 0. The third-order valence-electron chi connectivity index (χ3n) is 4.27. The third-order valence-corrected chi connectivity index (χ3v) is 4.27. The van der Waals surface area contributed by atoms with Crippen LogP contribution in [0, 0.1) is 12.7 Å². The Balaban J connectivity index is 1.42. The maximum atomic E-state index is 13.6. The number of aryl methyl sites for hydroxylation is 1. The molecular weight excluding hydrogens is 325 g/mol. The van der Waals surface area contributed by atoms with Crippen LogP contribution in [0.25, 0.3) is 0 Å². The van der Waals surface area contributed by atoms with Crippen LogP contribution >= 0.6 is 0 Å². The smallest absolute Gasteiger partial charge is 0.126 e. The molecule has 1 N–H and O–H groups in total. The highest BCUT2D eigenvalue weighted by molar-refractivity contribution is 5.28. The number of nitrogens with one attached hydrogen (secondary N) is 1. The molecule has 3 aromatic carbocycles. The highest BCUT2D eigenvalue weighted by Gasteiger charge is 2.01. The minimum Gasteiger partial charge on any atom is -0.489 e. The molecule has 0 aliphatic rings. The second-order valence-electron chi connectivity index (χ2n) is 6.44. The van der Waals surface area contributed by atoms with Crippen molar-refractivity contribution in [3.05, 3.63) is 101 Å². The average Bonchev–Trinajstić information content (AvgIpc) is 2.66. The first kappa shape index (κ1) is 18.2. The molecule has 0 fully saturated rings. The quantitative estimate of drug-likeness (QED) is 0.575. The SMILES string of the molecule is Cc1cccc(COc2ccc(CNCCc3ccccc3F)cc2)c1. The monoisotopic (exact) mass is 349 g/mol. The normalized spacial score (nSPS) is 10.7. The van der Waals surface area contributed by atoms with E-state index < -0.39 is 0 Å². The molecule has 0 aliphatic carbocycles. The van der Waals surface area contributed by atoms with Crippen molar-refractivity contribution in [2.24, 2.45) is 0 Å². The maximum absolute atomic E-state index is 13.6. The molecule has 0 amide bonds. The molecule has 0 bridgehead atoms. The van der Waals surface area contributed by atoms with Gasteiger partial charge in [0.2, 0.25) is 0 Å². The zero-order chi connectivity index (χ0) is 18.2. The highest BCUT2D eigenvalue weighted by Crippen LogP contribution is 2.15. The van der Waals surface area contributed by atoms with E-state index >= 15 is 0 Å². The first-order valence-corrected chi connectivity index (χ1v) is 8.92. The summed E-state index contributed by atoms with van der Waals surface area (Å²) < 4.78 is 19.4. The van der Waals surface area contributed by atoms with Crippen molar-refractivity contribution in [2.45, 2.75) is 26.5 Å². The predicted molar refractivity (Wildman–Crippen MR) is 104 cm³/mol. The molecular formula is C23H24FNO. The van der Waals surface area contributed by atoms with Crippen LogP contribution in [0.3, 0.4) is 0 Å². The standard InChI is InChI=1S/C23H24FNO/c1-18-5-4-6-20(15-18)17-26-22-11-9-19(10-12-22)16-25-14-13-21-7-2-3-8-23(21)24/h2-12,15,25H,13-14,16-17H2,1H3. The summed E-state index contributed by atoms with van der Waals surface area (Å²) in [5.74, 6) is 0.728. The van der Waals surface area contributed by atoms with E-state index in [1.165, 1.54) is 22.8 Å². The van der Waals surface area contributed by atoms with Crippen molar-refractivity contribution >= 4 is 0 Å². The predicted octanol–water partition coefficient (Wildman–Crippen LogP) is 5.05. The fourth-order valence-corrected chi connectivity index (χ4v) is 2.83. The maximum Gasteiger partial charge on any atom is 0.126 e. The van der Waals surface area contributed by atoms with E-state index in [0.717, 1.165) is 24.4 Å². The zero-order valence-corrected chi connectivity index (χ0v) is 15.0. The van der Waals surface area contributed by atoms with Gasteiger partial charge in [0.1, 0.15) is 18.2 Å². The lowest BCUT2D eigenvalue weighted by molar-refractivity contribution is 0.306. The van der Waals surface area contributed by atoms with Gasteiger partial charge in [0.25, 0.3) is 0 Å². The molecule has 0 spiro atoms. The topological polar surface area (TPSA) is 21.3 Å². The molecule has 0 saturated heterocycles. The second-order valence-corrected chi connectivity index (χ2v) is 6.44. The van der Waals surface area contributed by atoms with Crippen molar-refractivity contribution in [3.8, 4) is 5.75 Å². The molecule has 2 nitrogen and oxygen atoms in total. The highest BCUT2D eigenvalue weighted by atomic mass is 19.1. The Morgan fingerprint density at radius 1 is 0.885 bits per heavy atom. The van der Waals surface area contributed by atoms with Crippen molar-refractivity contribution < 1.29 is 9.13 Å². The molecule has 0 radical (unpaired) electrons. The van der Waals surface area contributed by atoms with Crippen molar-refractivity contribution in [3.63, 3.8) is 0 Å². The molecule has 3 heteroatoms. The number of hydrogen-bond donors (Lipinski definition) is 1. The van der Waals surface area contributed by atoms with Gasteiger partial charge in [-0.2, -0.15) is 0 Å². The van der Waals surface area contributed by atoms with Crippen LogP contribution in [0.2, 0.25) is 0 Å². The summed E-state index contributed by atoms with van der Waals surface area (Å²) in [4.78, 5) is 0. The molecule has 0 unspecified atom stereocenters. The molecule has 134 valence electrons. The molecule has 0 aromatic heterocycles. The Labute approximate surface area is 154 Å². The number of hydrogen-bond acceptors (Lipinski definition) is 2. The van der Waals surface area contributed by atoms with Gasteiger partial charge in [-0.05, 0) is 54.8 Å². The van der Waals surface area contributed by atoms with Gasteiger partial charge < -0.3 is 10.1 Å². The summed E-state index contributed by atoms with van der Waals surface area (Å²) in [5, 5.41) is 3.35. The number of benzene rings is 3. The van der Waals surface area contributed by atoms with E-state index in [9.17, 15) is 4.39 Å². The first-order chi connectivity index (χ1) is 12.7. The number of halogens is 1. The van der Waals surface area contributed by atoms with Crippen LogP contribution in [-0.2, 0) is 19.6 Å². The van der Waals surface area contributed by atoms with Gasteiger partial charge in [0, 0.05) is 6.54 Å². The molecule has 3 rings (SSSR count). The van der Waals surface area contributed by atoms with E-state index in [1.807, 2.05) is 30.3 Å². The lowest BCUT2D eigenvalue weighted by Gasteiger charge is -2.09. The van der Waals surface area contributed by atoms with Crippen LogP contribution in [0.1, 0.15) is 22.3 Å². The summed E-state index contributed by atoms with van der Waals surface area (Å²) in [5.41, 5.74) is 4.34. The third kappa shape index (κ3) is 5.43. The Morgan fingerprint density at radius 2 is 1.69 bits per heavy atom. The fourth-order valence-electron chi connectivity index (χ4n) is 2.83. The summed E-state index contributed by atoms with van der Waals surface area (Å²) in [6.07, 6.45) is 0.685. The van der Waals surface area contributed by atoms with Crippen molar-refractivity contribution in [1.82, 2.24) is 5.32 Å². The Kier molecular flexibility index (Phi) is 6.39. The lowest BCUT2D eigenvalue weighted by Crippen LogP contribution is -2.17. The summed E-state index contributed by atoms with van der Waals surface area (Å²) in [6.45, 7) is 4.15. The lowest BCUT2D eigenvalue weighted by atomic mass is 10.1. The summed E-state index contributed by atoms with van der Waals surface area (Å²) >= 11 is 0. The van der Waals surface area contributed by atoms with E-state index in [0.29, 0.717) is 13.0 Å². The van der Waals surface area contributed by atoms with E-state index in [-0.39, 0.29) is 5.82 Å². The van der Waals surface area contributed by atoms with Gasteiger partial charge >= 0.3 is 0 Å². The minimum atomic E-state index is -0.135. The van der Waals surface area contributed by atoms with Gasteiger partial charge in [0.15, 0.2) is 0 Å². The van der Waals surface area contributed by atoms with Crippen LogP contribution in [-0.4, -0.2) is 6.54 Å². The number of rotatable bonds is 8. The average molecular weight is 349 g/mol. The van der Waals surface area contributed by atoms with Crippen molar-refractivity contribution in [1.29, 1.82) is 0 Å². The van der Waals surface area contributed by atoms with E-state index in [2.05, 4.69) is 42.6 Å². The Morgan fingerprint density at radius 3 is 2.46 bits per heavy atom. The zero-order valence-electron chi connectivity index (χ0n) is 15.0. The Hall–Kier alpha value is -2.65. The van der Waals surface area contributed by atoms with Crippen LogP contribution < -0.4 is 10.1 Å². The fraction of sp³-hybridized carbons (Fsp3) is 0.217. The number of ether oxygens (including phenoxy) is 1. The first-order valence-electron chi connectivity index (χ1n) is 8.92. The molecule has 26 heavy (non-hydrogen) atoms. The van der Waals surface area contributed by atoms with Crippen LogP contribution in [0.15, 0.2) is 72.8 Å². The van der Waals surface area contributed by atoms with Crippen LogP contribution in [0.4, 0.5) is 4.39 Å². The second kappa shape index (κ2) is 9.16. The molecule has 0 heterocycles. The van der Waals surface area contributed by atoms with E-state index in [4.69, 9.17) is 4.74 Å². The largest absolute Gasteiger partial charge is 0.489 e. The minimum absolute atomic E-state index is 0.135. The van der Waals surface area contributed by atoms with Gasteiger partial charge in [0.05, 0.1) is 0 Å². The molecule has 0 saturated carbocycles. The summed E-state index contributed by atoms with van der Waals surface area (Å²) in [6, 6.07) is 23.3. The Bertz CT molecular complexity index is 830.